The van der Waals surface area contributed by atoms with Gasteiger partial charge in [-0.25, -0.2) is 0 Å². The minimum Gasteiger partial charge on any atom is -0.303 e. The van der Waals surface area contributed by atoms with E-state index in [1.165, 1.54) is 51.4 Å². The molecule has 0 aromatic rings. The average Bonchev–Trinajstić information content (AvgIpc) is 3.19. The van der Waals surface area contributed by atoms with Crippen LogP contribution in [0.3, 0.4) is 0 Å². The Labute approximate surface area is 98.4 Å². The van der Waals surface area contributed by atoms with Gasteiger partial charge in [-0.15, -0.1) is 0 Å². The molecule has 3 saturated carbocycles. The van der Waals surface area contributed by atoms with Gasteiger partial charge < -0.3 is 4.79 Å². The zero-order chi connectivity index (χ0) is 11.0. The molecule has 2 nitrogen and oxygen atoms in total. The summed E-state index contributed by atoms with van der Waals surface area (Å²) in [6.45, 7) is 2.35. The Hall–Kier alpha value is -0.370. The number of carbonyl (C=O) groups excluding carboxylic acids is 1. The smallest absolute Gasteiger partial charge is 0.127 e. The quantitative estimate of drug-likeness (QED) is 0.643. The first-order valence-electron chi connectivity index (χ1n) is 7.02. The number of aldehydes is 1. The SMILES string of the molecule is O=CC1(CN(CC2CC2)C2CC2)CCCC1. The van der Waals surface area contributed by atoms with Gasteiger partial charge in [-0.2, -0.15) is 0 Å². The number of hydrogen-bond acceptors (Lipinski definition) is 2. The standard InChI is InChI=1S/C14H23NO/c16-11-14(7-1-2-8-14)10-15(13-5-6-13)9-12-3-4-12/h11-13H,1-10H2. The van der Waals surface area contributed by atoms with Gasteiger partial charge in [0.2, 0.25) is 0 Å². The van der Waals surface area contributed by atoms with E-state index < -0.39 is 0 Å². The molecule has 0 N–H and O–H groups in total. The molecule has 16 heavy (non-hydrogen) atoms. The summed E-state index contributed by atoms with van der Waals surface area (Å²) in [5, 5.41) is 0. The molecule has 0 unspecified atom stereocenters. The predicted octanol–water partition coefficient (Wildman–Crippen LogP) is 2.62. The third-order valence-electron chi connectivity index (χ3n) is 4.62. The second kappa shape index (κ2) is 4.14. The minimum absolute atomic E-state index is 0.0392. The number of nitrogens with zero attached hydrogens (tertiary/aromatic N) is 1. The molecule has 0 atom stereocenters. The average molecular weight is 221 g/mol. The predicted molar refractivity (Wildman–Crippen MR) is 64.3 cm³/mol. The fraction of sp³-hybridized carbons (Fsp3) is 0.929. The summed E-state index contributed by atoms with van der Waals surface area (Å²) < 4.78 is 0. The van der Waals surface area contributed by atoms with Gasteiger partial charge in [-0.3, -0.25) is 4.90 Å². The third kappa shape index (κ3) is 2.32. The van der Waals surface area contributed by atoms with E-state index in [-0.39, 0.29) is 5.41 Å². The lowest BCUT2D eigenvalue weighted by molar-refractivity contribution is -0.117. The van der Waals surface area contributed by atoms with Crippen LogP contribution >= 0.6 is 0 Å². The molecule has 0 aromatic heterocycles. The third-order valence-corrected chi connectivity index (χ3v) is 4.62. The lowest BCUT2D eigenvalue weighted by atomic mass is 9.87. The summed E-state index contributed by atoms with van der Waals surface area (Å²) in [6, 6.07) is 0.832. The molecule has 90 valence electrons. The molecule has 3 fully saturated rings. The van der Waals surface area contributed by atoms with Gasteiger partial charge in [-0.1, -0.05) is 12.8 Å². The Balaban J connectivity index is 1.61. The van der Waals surface area contributed by atoms with Gasteiger partial charge in [0.05, 0.1) is 0 Å². The summed E-state index contributed by atoms with van der Waals surface area (Å²) in [5.74, 6) is 0.964. The van der Waals surface area contributed by atoms with Crippen molar-refractivity contribution in [2.45, 2.75) is 57.4 Å². The monoisotopic (exact) mass is 221 g/mol. The topological polar surface area (TPSA) is 20.3 Å². The van der Waals surface area contributed by atoms with Crippen molar-refractivity contribution in [3.05, 3.63) is 0 Å². The van der Waals surface area contributed by atoms with Crippen LogP contribution in [0.25, 0.3) is 0 Å². The van der Waals surface area contributed by atoms with Crippen molar-refractivity contribution in [3.8, 4) is 0 Å². The lowest BCUT2D eigenvalue weighted by Crippen LogP contribution is -2.39. The minimum atomic E-state index is 0.0392. The van der Waals surface area contributed by atoms with Crippen molar-refractivity contribution < 1.29 is 4.79 Å². The van der Waals surface area contributed by atoms with Crippen LogP contribution in [0.4, 0.5) is 0 Å². The van der Waals surface area contributed by atoms with Crippen molar-refractivity contribution >= 4 is 6.29 Å². The van der Waals surface area contributed by atoms with Crippen molar-refractivity contribution in [2.24, 2.45) is 11.3 Å². The highest BCUT2D eigenvalue weighted by Crippen LogP contribution is 2.41. The van der Waals surface area contributed by atoms with E-state index in [9.17, 15) is 4.79 Å². The van der Waals surface area contributed by atoms with E-state index in [1.807, 2.05) is 0 Å². The van der Waals surface area contributed by atoms with Crippen molar-refractivity contribution in [1.82, 2.24) is 4.90 Å². The van der Waals surface area contributed by atoms with Crippen LogP contribution in [-0.2, 0) is 4.79 Å². The highest BCUT2D eigenvalue weighted by Gasteiger charge is 2.41. The highest BCUT2D eigenvalue weighted by molar-refractivity contribution is 5.60. The summed E-state index contributed by atoms with van der Waals surface area (Å²) in [5.41, 5.74) is 0.0392. The van der Waals surface area contributed by atoms with Crippen LogP contribution in [0.15, 0.2) is 0 Å². The molecule has 0 bridgehead atoms. The van der Waals surface area contributed by atoms with Gasteiger partial charge in [-0.05, 0) is 44.4 Å². The second-order valence-electron chi connectivity index (χ2n) is 6.29. The largest absolute Gasteiger partial charge is 0.303 e. The Bertz CT molecular complexity index is 262. The van der Waals surface area contributed by atoms with Crippen molar-refractivity contribution in [1.29, 1.82) is 0 Å². The second-order valence-corrected chi connectivity index (χ2v) is 6.29. The molecular formula is C14H23NO. The van der Waals surface area contributed by atoms with Crippen molar-refractivity contribution in [2.75, 3.05) is 13.1 Å². The summed E-state index contributed by atoms with van der Waals surface area (Å²) >= 11 is 0. The Morgan fingerprint density at radius 3 is 2.31 bits per heavy atom. The van der Waals surface area contributed by atoms with Gasteiger partial charge in [0, 0.05) is 24.5 Å². The van der Waals surface area contributed by atoms with Gasteiger partial charge in [0.15, 0.2) is 0 Å². The fourth-order valence-electron chi connectivity index (χ4n) is 3.21. The van der Waals surface area contributed by atoms with E-state index in [0.717, 1.165) is 31.3 Å². The maximum absolute atomic E-state index is 11.4. The summed E-state index contributed by atoms with van der Waals surface area (Å²) in [6.07, 6.45) is 11.7. The summed E-state index contributed by atoms with van der Waals surface area (Å²) in [4.78, 5) is 14.0. The van der Waals surface area contributed by atoms with E-state index in [1.54, 1.807) is 0 Å². The molecule has 0 aliphatic heterocycles. The normalized spacial score (nSPS) is 28.6. The molecular weight excluding hydrogens is 198 g/mol. The van der Waals surface area contributed by atoms with Gasteiger partial charge >= 0.3 is 0 Å². The van der Waals surface area contributed by atoms with Crippen molar-refractivity contribution in [3.63, 3.8) is 0 Å². The highest BCUT2D eigenvalue weighted by atomic mass is 16.1. The number of rotatable bonds is 6. The molecule has 0 radical (unpaired) electrons. The molecule has 3 aliphatic carbocycles. The van der Waals surface area contributed by atoms with Crippen LogP contribution in [0, 0.1) is 11.3 Å². The van der Waals surface area contributed by atoms with Crippen LogP contribution in [0.2, 0.25) is 0 Å². The van der Waals surface area contributed by atoms with E-state index in [0.29, 0.717) is 0 Å². The number of hydrogen-bond donors (Lipinski definition) is 0. The fourth-order valence-corrected chi connectivity index (χ4v) is 3.21. The molecule has 0 spiro atoms. The first-order chi connectivity index (χ1) is 7.81. The van der Waals surface area contributed by atoms with E-state index in [2.05, 4.69) is 4.90 Å². The van der Waals surface area contributed by atoms with Crippen LogP contribution in [0.1, 0.15) is 51.4 Å². The van der Waals surface area contributed by atoms with Gasteiger partial charge in [0.25, 0.3) is 0 Å². The van der Waals surface area contributed by atoms with E-state index >= 15 is 0 Å². The zero-order valence-electron chi connectivity index (χ0n) is 10.2. The maximum Gasteiger partial charge on any atom is 0.127 e. The Morgan fingerprint density at radius 2 is 1.81 bits per heavy atom. The van der Waals surface area contributed by atoms with E-state index in [4.69, 9.17) is 0 Å². The molecule has 3 aliphatic rings. The van der Waals surface area contributed by atoms with Crippen LogP contribution in [0.5, 0.6) is 0 Å². The first-order valence-corrected chi connectivity index (χ1v) is 7.02. The van der Waals surface area contributed by atoms with Crippen LogP contribution in [-0.4, -0.2) is 30.3 Å². The first kappa shape index (κ1) is 10.8. The Kier molecular flexibility index (Phi) is 2.78. The Morgan fingerprint density at radius 1 is 1.12 bits per heavy atom. The molecule has 0 amide bonds. The maximum atomic E-state index is 11.4. The molecule has 0 heterocycles. The lowest BCUT2D eigenvalue weighted by Gasteiger charge is -2.31. The molecule has 0 saturated heterocycles. The zero-order valence-corrected chi connectivity index (χ0v) is 10.2. The summed E-state index contributed by atoms with van der Waals surface area (Å²) in [7, 11) is 0. The molecule has 2 heteroatoms. The molecule has 3 rings (SSSR count). The van der Waals surface area contributed by atoms with Crippen LogP contribution < -0.4 is 0 Å². The number of carbonyl (C=O) groups is 1. The molecule has 0 aromatic carbocycles. The van der Waals surface area contributed by atoms with Gasteiger partial charge in [0.1, 0.15) is 6.29 Å².